The van der Waals surface area contributed by atoms with Gasteiger partial charge in [0, 0.05) is 6.54 Å². The highest BCUT2D eigenvalue weighted by molar-refractivity contribution is 5.68. The second kappa shape index (κ2) is 6.13. The first-order valence-electron chi connectivity index (χ1n) is 6.72. The lowest BCUT2D eigenvalue weighted by Gasteiger charge is -2.35. The Morgan fingerprint density at radius 2 is 1.91 bits per heavy atom. The highest BCUT2D eigenvalue weighted by Gasteiger charge is 2.61. The van der Waals surface area contributed by atoms with Gasteiger partial charge in [-0.15, -0.1) is 0 Å². The van der Waals surface area contributed by atoms with Gasteiger partial charge in [-0.2, -0.15) is 13.2 Å². The molecule has 1 unspecified atom stereocenters. The molecule has 1 aromatic carbocycles. The zero-order valence-corrected chi connectivity index (χ0v) is 11.6. The number of hydrogen-bond donors (Lipinski definition) is 2. The van der Waals surface area contributed by atoms with E-state index in [9.17, 15) is 28.2 Å². The van der Waals surface area contributed by atoms with Gasteiger partial charge in [-0.05, 0) is 18.4 Å². The van der Waals surface area contributed by atoms with E-state index in [1.54, 1.807) is 30.3 Å². The number of rotatable bonds is 3. The third-order valence-electron chi connectivity index (χ3n) is 3.57. The Balaban J connectivity index is 2.02. The molecule has 1 aliphatic rings. The lowest BCUT2D eigenvalue weighted by molar-refractivity contribution is -0.364. The van der Waals surface area contributed by atoms with Gasteiger partial charge in [0.15, 0.2) is 0 Å². The molecule has 0 bridgehead atoms. The van der Waals surface area contributed by atoms with Crippen molar-refractivity contribution in [3.63, 3.8) is 0 Å². The number of amides is 1. The topological polar surface area (TPSA) is 70.0 Å². The van der Waals surface area contributed by atoms with Crippen molar-refractivity contribution in [2.24, 2.45) is 0 Å². The standard InChI is InChI=1S/C14H16F3NO4/c15-14(16,17)13(20,21)11-7-4-8-18(11)12(19)22-9-10-5-2-1-3-6-10/h1-3,5-6,11,20-21H,4,7-9H2. The van der Waals surface area contributed by atoms with E-state index in [-0.39, 0.29) is 26.0 Å². The molecule has 1 saturated heterocycles. The fourth-order valence-corrected chi connectivity index (χ4v) is 2.39. The summed E-state index contributed by atoms with van der Waals surface area (Å²) in [7, 11) is 0. The average Bonchev–Trinajstić information content (AvgIpc) is 2.95. The summed E-state index contributed by atoms with van der Waals surface area (Å²) in [6.07, 6.45) is -6.17. The highest BCUT2D eigenvalue weighted by atomic mass is 19.4. The lowest BCUT2D eigenvalue weighted by atomic mass is 10.0. The second-order valence-electron chi connectivity index (χ2n) is 5.12. The van der Waals surface area contributed by atoms with Crippen molar-refractivity contribution in [1.82, 2.24) is 4.90 Å². The van der Waals surface area contributed by atoms with E-state index in [1.165, 1.54) is 0 Å². The Hall–Kier alpha value is -1.80. The smallest absolute Gasteiger partial charge is 0.445 e. The average molecular weight is 319 g/mol. The zero-order valence-electron chi connectivity index (χ0n) is 11.6. The molecule has 5 nitrogen and oxygen atoms in total. The maximum Gasteiger partial charge on any atom is 0.445 e. The minimum Gasteiger partial charge on any atom is -0.445 e. The minimum absolute atomic E-state index is 0.0166. The number of benzene rings is 1. The molecule has 0 aliphatic carbocycles. The number of carbonyl (C=O) groups excluding carboxylic acids is 1. The molecule has 122 valence electrons. The minimum atomic E-state index is -5.25. The lowest BCUT2D eigenvalue weighted by Crippen LogP contribution is -2.60. The Kier molecular flexibility index (Phi) is 4.62. The first-order chi connectivity index (χ1) is 10.2. The van der Waals surface area contributed by atoms with Crippen LogP contribution in [0, 0.1) is 0 Å². The predicted octanol–water partition coefficient (Wildman–Crippen LogP) is 2.03. The summed E-state index contributed by atoms with van der Waals surface area (Å²) in [4.78, 5) is 12.6. The molecule has 1 fully saturated rings. The fourth-order valence-electron chi connectivity index (χ4n) is 2.39. The zero-order chi connectivity index (χ0) is 16.4. The van der Waals surface area contributed by atoms with Crippen LogP contribution in [0.25, 0.3) is 0 Å². The van der Waals surface area contributed by atoms with Crippen LogP contribution in [0.15, 0.2) is 30.3 Å². The molecule has 0 radical (unpaired) electrons. The van der Waals surface area contributed by atoms with Crippen molar-refractivity contribution < 1.29 is 32.9 Å². The van der Waals surface area contributed by atoms with Gasteiger partial charge < -0.3 is 14.9 Å². The summed E-state index contributed by atoms with van der Waals surface area (Å²) in [6.45, 7) is -0.115. The fraction of sp³-hybridized carbons (Fsp3) is 0.500. The summed E-state index contributed by atoms with van der Waals surface area (Å²) in [5, 5.41) is 18.7. The van der Waals surface area contributed by atoms with Crippen LogP contribution in [-0.2, 0) is 11.3 Å². The van der Waals surface area contributed by atoms with Crippen molar-refractivity contribution in [3.8, 4) is 0 Å². The van der Waals surface area contributed by atoms with Gasteiger partial charge in [-0.3, -0.25) is 4.90 Å². The predicted molar refractivity (Wildman–Crippen MR) is 69.6 cm³/mol. The van der Waals surface area contributed by atoms with Crippen molar-refractivity contribution in [2.75, 3.05) is 6.54 Å². The molecule has 2 N–H and O–H groups in total. The van der Waals surface area contributed by atoms with Crippen molar-refractivity contribution >= 4 is 6.09 Å². The van der Waals surface area contributed by atoms with E-state index in [0.29, 0.717) is 5.56 Å². The number of nitrogens with zero attached hydrogens (tertiary/aromatic N) is 1. The molecule has 1 aromatic rings. The summed E-state index contributed by atoms with van der Waals surface area (Å²) >= 11 is 0. The maximum atomic E-state index is 12.7. The van der Waals surface area contributed by atoms with Gasteiger partial charge >= 0.3 is 12.3 Å². The highest BCUT2D eigenvalue weighted by Crippen LogP contribution is 2.37. The van der Waals surface area contributed by atoms with Crippen LogP contribution in [0.5, 0.6) is 0 Å². The van der Waals surface area contributed by atoms with Crippen LogP contribution in [0.3, 0.4) is 0 Å². The van der Waals surface area contributed by atoms with Crippen molar-refractivity contribution in [2.45, 2.75) is 37.5 Å². The molecule has 8 heteroatoms. The molecule has 2 rings (SSSR count). The normalized spacial score (nSPS) is 19.3. The summed E-state index contributed by atoms with van der Waals surface area (Å²) in [6, 6.07) is 6.88. The Labute approximate surface area is 124 Å². The largest absolute Gasteiger partial charge is 0.445 e. The number of aliphatic hydroxyl groups is 2. The number of alkyl halides is 3. The molecule has 0 saturated carbocycles. The maximum absolute atomic E-state index is 12.7. The van der Waals surface area contributed by atoms with Gasteiger partial charge in [-0.25, -0.2) is 4.79 Å². The molecule has 1 atom stereocenters. The molecule has 1 heterocycles. The van der Waals surface area contributed by atoms with Crippen LogP contribution in [0.2, 0.25) is 0 Å². The Bertz CT molecular complexity index is 519. The van der Waals surface area contributed by atoms with E-state index < -0.39 is 24.1 Å². The molecular weight excluding hydrogens is 303 g/mol. The van der Waals surface area contributed by atoms with Gasteiger partial charge in [-0.1, -0.05) is 30.3 Å². The molecule has 0 spiro atoms. The Morgan fingerprint density at radius 3 is 2.50 bits per heavy atom. The molecule has 0 aromatic heterocycles. The van der Waals surface area contributed by atoms with E-state index in [2.05, 4.69) is 0 Å². The van der Waals surface area contributed by atoms with E-state index >= 15 is 0 Å². The van der Waals surface area contributed by atoms with Gasteiger partial charge in [0.2, 0.25) is 0 Å². The first kappa shape index (κ1) is 16.6. The summed E-state index contributed by atoms with van der Waals surface area (Å²) in [5.74, 6) is -3.95. The van der Waals surface area contributed by atoms with Crippen LogP contribution < -0.4 is 0 Å². The first-order valence-corrected chi connectivity index (χ1v) is 6.72. The summed E-state index contributed by atoms with van der Waals surface area (Å²) in [5.41, 5.74) is 0.682. The van der Waals surface area contributed by atoms with Crippen LogP contribution in [0.1, 0.15) is 18.4 Å². The van der Waals surface area contributed by atoms with Gasteiger partial charge in [0.1, 0.15) is 6.61 Å². The van der Waals surface area contributed by atoms with Crippen LogP contribution >= 0.6 is 0 Å². The van der Waals surface area contributed by atoms with Gasteiger partial charge in [0.05, 0.1) is 6.04 Å². The van der Waals surface area contributed by atoms with E-state index in [0.717, 1.165) is 4.90 Å². The molecule has 22 heavy (non-hydrogen) atoms. The number of hydrogen-bond acceptors (Lipinski definition) is 4. The second-order valence-corrected chi connectivity index (χ2v) is 5.12. The van der Waals surface area contributed by atoms with Crippen molar-refractivity contribution in [1.29, 1.82) is 0 Å². The van der Waals surface area contributed by atoms with Crippen LogP contribution in [-0.4, -0.2) is 45.8 Å². The number of ether oxygens (including phenoxy) is 1. The number of halogens is 3. The monoisotopic (exact) mass is 319 g/mol. The SMILES string of the molecule is O=C(OCc1ccccc1)N1CCCC1C(O)(O)C(F)(F)F. The summed E-state index contributed by atoms with van der Waals surface area (Å²) < 4.78 is 43.0. The number of likely N-dealkylation sites (tertiary alicyclic amines) is 1. The quantitative estimate of drug-likeness (QED) is 0.837. The van der Waals surface area contributed by atoms with Crippen molar-refractivity contribution in [3.05, 3.63) is 35.9 Å². The van der Waals surface area contributed by atoms with E-state index in [1.807, 2.05) is 0 Å². The third-order valence-corrected chi connectivity index (χ3v) is 3.57. The third kappa shape index (κ3) is 3.33. The Morgan fingerprint density at radius 1 is 1.27 bits per heavy atom. The van der Waals surface area contributed by atoms with E-state index in [4.69, 9.17) is 4.74 Å². The molecule has 1 amide bonds. The number of carbonyl (C=O) groups is 1. The molecular formula is C14H16F3NO4. The van der Waals surface area contributed by atoms with Crippen LogP contribution in [0.4, 0.5) is 18.0 Å². The molecule has 1 aliphatic heterocycles. The van der Waals surface area contributed by atoms with Gasteiger partial charge in [0.25, 0.3) is 5.79 Å².